The lowest BCUT2D eigenvalue weighted by atomic mass is 10.0. The van der Waals surface area contributed by atoms with Crippen LogP contribution in [-0.2, 0) is 0 Å². The van der Waals surface area contributed by atoms with E-state index in [2.05, 4.69) is 0 Å². The average molecular weight is 242 g/mol. The first-order valence-corrected chi connectivity index (χ1v) is 5.35. The van der Waals surface area contributed by atoms with E-state index in [4.69, 9.17) is 0 Å². The number of halogens is 1. The van der Waals surface area contributed by atoms with Gasteiger partial charge < -0.3 is 5.11 Å². The van der Waals surface area contributed by atoms with Crippen molar-refractivity contribution in [1.82, 2.24) is 9.55 Å². The van der Waals surface area contributed by atoms with Gasteiger partial charge in [0.2, 0.25) is 11.7 Å². The third-order valence-corrected chi connectivity index (χ3v) is 4.27. The first-order valence-electron chi connectivity index (χ1n) is 5.35. The van der Waals surface area contributed by atoms with E-state index in [0.717, 1.165) is 4.57 Å². The van der Waals surface area contributed by atoms with Crippen LogP contribution >= 0.6 is 0 Å². The van der Waals surface area contributed by atoms with Crippen LogP contribution in [0.15, 0.2) is 9.59 Å². The molecule has 1 saturated carbocycles. The van der Waals surface area contributed by atoms with E-state index < -0.39 is 22.9 Å². The zero-order valence-corrected chi connectivity index (χ0v) is 10.2. The molecule has 2 N–H and O–H groups in total. The molecule has 1 aromatic heterocycles. The molecular weight excluding hydrogens is 227 g/mol. The molecule has 1 aliphatic carbocycles. The molecule has 1 heterocycles. The minimum Gasteiger partial charge on any atom is -0.492 e. The Balaban J connectivity index is 2.69. The lowest BCUT2D eigenvalue weighted by Crippen LogP contribution is -2.32. The molecule has 0 bridgehead atoms. The molecule has 0 aromatic carbocycles. The third-order valence-electron chi connectivity index (χ3n) is 4.27. The summed E-state index contributed by atoms with van der Waals surface area (Å²) in [5.74, 6) is -2.20. The second-order valence-corrected chi connectivity index (χ2v) is 5.61. The number of hydrogen-bond acceptors (Lipinski definition) is 3. The van der Waals surface area contributed by atoms with Crippen LogP contribution in [0, 0.1) is 16.6 Å². The fourth-order valence-corrected chi connectivity index (χ4v) is 2.56. The molecule has 17 heavy (non-hydrogen) atoms. The van der Waals surface area contributed by atoms with Crippen molar-refractivity contribution in [3.63, 3.8) is 0 Å². The molecule has 0 unspecified atom stereocenters. The maximum atomic E-state index is 13.3. The van der Waals surface area contributed by atoms with Crippen molar-refractivity contribution in [2.75, 3.05) is 0 Å². The molecule has 1 fully saturated rings. The predicted molar refractivity (Wildman–Crippen MR) is 59.5 cm³/mol. The second-order valence-electron chi connectivity index (χ2n) is 5.61. The monoisotopic (exact) mass is 242 g/mol. The van der Waals surface area contributed by atoms with Gasteiger partial charge in [0.15, 0.2) is 0 Å². The smallest absolute Gasteiger partial charge is 0.331 e. The fourth-order valence-electron chi connectivity index (χ4n) is 2.56. The summed E-state index contributed by atoms with van der Waals surface area (Å²) in [4.78, 5) is 24.5. The number of aromatic hydroxyl groups is 1. The first-order chi connectivity index (χ1) is 7.62. The molecule has 0 radical (unpaired) electrons. The maximum Gasteiger partial charge on any atom is 0.331 e. The van der Waals surface area contributed by atoms with Gasteiger partial charge in [-0.15, -0.1) is 0 Å². The van der Waals surface area contributed by atoms with Crippen molar-refractivity contribution >= 4 is 0 Å². The Kier molecular flexibility index (Phi) is 2.09. The van der Waals surface area contributed by atoms with Gasteiger partial charge in [-0.05, 0) is 10.8 Å². The molecule has 1 aliphatic rings. The van der Waals surface area contributed by atoms with Crippen LogP contribution in [0.1, 0.15) is 33.7 Å². The molecule has 0 atom stereocenters. The van der Waals surface area contributed by atoms with Crippen molar-refractivity contribution in [2.24, 2.45) is 10.8 Å². The van der Waals surface area contributed by atoms with Gasteiger partial charge in [0, 0.05) is 0 Å². The van der Waals surface area contributed by atoms with Crippen LogP contribution < -0.4 is 11.2 Å². The highest BCUT2D eigenvalue weighted by atomic mass is 19.1. The summed E-state index contributed by atoms with van der Waals surface area (Å²) in [5, 5.41) is 9.60. The SMILES string of the molecule is CC1(C)C(n2c(O)c(F)c(=O)[nH]c2=O)C1(C)C. The number of nitrogens with one attached hydrogen (secondary N) is 1. The summed E-state index contributed by atoms with van der Waals surface area (Å²) in [6.45, 7) is 7.69. The van der Waals surface area contributed by atoms with Gasteiger partial charge in [-0.2, -0.15) is 4.39 Å². The van der Waals surface area contributed by atoms with E-state index in [1.807, 2.05) is 32.7 Å². The van der Waals surface area contributed by atoms with Gasteiger partial charge >= 0.3 is 5.69 Å². The van der Waals surface area contributed by atoms with Crippen LogP contribution in [0.4, 0.5) is 4.39 Å². The number of rotatable bonds is 1. The predicted octanol–water partition coefficient (Wildman–Crippen LogP) is 0.988. The second kappa shape index (κ2) is 3.00. The molecule has 5 nitrogen and oxygen atoms in total. The number of aromatic amines is 1. The summed E-state index contributed by atoms with van der Waals surface area (Å²) < 4.78 is 14.2. The van der Waals surface area contributed by atoms with Crippen LogP contribution in [-0.4, -0.2) is 14.7 Å². The van der Waals surface area contributed by atoms with Gasteiger partial charge in [0.25, 0.3) is 5.56 Å². The van der Waals surface area contributed by atoms with Gasteiger partial charge in [-0.25, -0.2) is 4.79 Å². The molecule has 0 amide bonds. The summed E-state index contributed by atoms with van der Waals surface area (Å²) in [6, 6.07) is -0.339. The van der Waals surface area contributed by atoms with E-state index in [9.17, 15) is 19.1 Å². The zero-order chi connectivity index (χ0) is 13.2. The van der Waals surface area contributed by atoms with Crippen LogP contribution in [0.2, 0.25) is 0 Å². The zero-order valence-electron chi connectivity index (χ0n) is 10.2. The van der Waals surface area contributed by atoms with Crippen LogP contribution in [0.3, 0.4) is 0 Å². The minimum absolute atomic E-state index is 0.251. The molecule has 94 valence electrons. The van der Waals surface area contributed by atoms with E-state index in [-0.39, 0.29) is 16.9 Å². The minimum atomic E-state index is -1.32. The summed E-state index contributed by atoms with van der Waals surface area (Å²) >= 11 is 0. The maximum absolute atomic E-state index is 13.3. The Labute approximate surface area is 96.9 Å². The molecule has 1 aromatic rings. The molecular formula is C11H15FN2O3. The first kappa shape index (κ1) is 11.9. The van der Waals surface area contributed by atoms with Gasteiger partial charge in [-0.1, -0.05) is 27.7 Å². The van der Waals surface area contributed by atoms with Gasteiger partial charge in [-0.3, -0.25) is 14.3 Å². The highest BCUT2D eigenvalue weighted by molar-refractivity contribution is 5.22. The quantitative estimate of drug-likeness (QED) is 0.771. The molecule has 0 aliphatic heterocycles. The van der Waals surface area contributed by atoms with Crippen LogP contribution in [0.5, 0.6) is 5.88 Å². The lowest BCUT2D eigenvalue weighted by Gasteiger charge is -2.09. The van der Waals surface area contributed by atoms with E-state index in [1.165, 1.54) is 0 Å². The van der Waals surface area contributed by atoms with Crippen LogP contribution in [0.25, 0.3) is 0 Å². The fraction of sp³-hybridized carbons (Fsp3) is 0.636. The largest absolute Gasteiger partial charge is 0.492 e. The molecule has 0 saturated heterocycles. The standard InChI is InChI=1S/C11H15FN2O3/c1-10(2)8(11(10,3)4)14-7(16)5(12)6(15)13-9(14)17/h8,16H,1-4H3,(H,13,15,17). The van der Waals surface area contributed by atoms with Gasteiger partial charge in [0.1, 0.15) is 0 Å². The Morgan fingerprint density at radius 2 is 1.71 bits per heavy atom. The topological polar surface area (TPSA) is 75.1 Å². The van der Waals surface area contributed by atoms with E-state index in [0.29, 0.717) is 0 Å². The Morgan fingerprint density at radius 3 is 2.12 bits per heavy atom. The van der Waals surface area contributed by atoms with E-state index in [1.54, 1.807) is 0 Å². The lowest BCUT2D eigenvalue weighted by molar-refractivity contribution is 0.345. The Morgan fingerprint density at radius 1 is 1.24 bits per heavy atom. The number of nitrogens with zero attached hydrogens (tertiary/aromatic N) is 1. The average Bonchev–Trinajstić information content (AvgIpc) is 2.58. The van der Waals surface area contributed by atoms with Crippen molar-refractivity contribution in [2.45, 2.75) is 33.7 Å². The Hall–Kier alpha value is -1.59. The molecule has 2 rings (SSSR count). The normalized spacial score (nSPS) is 21.5. The van der Waals surface area contributed by atoms with Gasteiger partial charge in [0.05, 0.1) is 6.04 Å². The molecule has 0 spiro atoms. The number of hydrogen-bond donors (Lipinski definition) is 2. The van der Waals surface area contributed by atoms with Crippen molar-refractivity contribution in [3.8, 4) is 5.88 Å². The van der Waals surface area contributed by atoms with E-state index >= 15 is 0 Å². The van der Waals surface area contributed by atoms with Crippen molar-refractivity contribution < 1.29 is 9.50 Å². The van der Waals surface area contributed by atoms with Crippen molar-refractivity contribution in [1.29, 1.82) is 0 Å². The highest BCUT2D eigenvalue weighted by Gasteiger charge is 2.67. The summed E-state index contributed by atoms with van der Waals surface area (Å²) in [5.41, 5.74) is -2.48. The number of aromatic nitrogens is 2. The molecule has 6 heteroatoms. The van der Waals surface area contributed by atoms with Crippen molar-refractivity contribution in [3.05, 3.63) is 26.7 Å². The Bertz CT molecular complexity index is 584. The summed E-state index contributed by atoms with van der Waals surface area (Å²) in [7, 11) is 0. The third kappa shape index (κ3) is 1.29. The highest BCUT2D eigenvalue weighted by Crippen LogP contribution is 2.71. The summed E-state index contributed by atoms with van der Waals surface area (Å²) in [6.07, 6.45) is 0. The number of H-pyrrole nitrogens is 1.